The molecule has 1 aromatic carbocycles. The molecule has 6 heteroatoms. The zero-order valence-electron chi connectivity index (χ0n) is 9.82. The molecule has 0 unspecified atom stereocenters. The molecule has 18 heavy (non-hydrogen) atoms. The van der Waals surface area contributed by atoms with Crippen molar-refractivity contribution in [3.63, 3.8) is 0 Å². The molecule has 98 valence electrons. The second kappa shape index (κ2) is 5.07. The Hall–Kier alpha value is -1.40. The highest BCUT2D eigenvalue weighted by atomic mass is 32.2. The summed E-state index contributed by atoms with van der Waals surface area (Å²) in [6, 6.07) is 8.13. The highest BCUT2D eigenvalue weighted by molar-refractivity contribution is 7.91. The van der Waals surface area contributed by atoms with Gasteiger partial charge in [0.05, 0.1) is 11.5 Å². The molecule has 0 spiro atoms. The number of hydrogen-bond donors (Lipinski definition) is 1. The lowest BCUT2D eigenvalue weighted by Gasteiger charge is -2.31. The molecule has 0 saturated carbocycles. The van der Waals surface area contributed by atoms with Gasteiger partial charge in [0.1, 0.15) is 6.04 Å². The Morgan fingerprint density at radius 1 is 1.17 bits per heavy atom. The maximum absolute atomic E-state index is 11.4. The van der Waals surface area contributed by atoms with Crippen molar-refractivity contribution < 1.29 is 18.3 Å². The fourth-order valence-electron chi connectivity index (χ4n) is 2.13. The van der Waals surface area contributed by atoms with Gasteiger partial charge >= 0.3 is 5.97 Å². The minimum absolute atomic E-state index is 0.0314. The second-order valence-corrected chi connectivity index (χ2v) is 6.64. The van der Waals surface area contributed by atoms with E-state index in [2.05, 4.69) is 0 Å². The molecule has 1 saturated heterocycles. The summed E-state index contributed by atoms with van der Waals surface area (Å²) < 4.78 is 22.7. The fraction of sp³-hybridized carbons (Fsp3) is 0.417. The van der Waals surface area contributed by atoms with E-state index < -0.39 is 21.8 Å². The number of carbonyl (C=O) groups is 1. The van der Waals surface area contributed by atoms with Crippen LogP contribution >= 0.6 is 0 Å². The van der Waals surface area contributed by atoms with Gasteiger partial charge in [0, 0.05) is 13.1 Å². The molecule has 0 aliphatic carbocycles. The molecule has 1 N–H and O–H groups in total. The molecule has 5 nitrogen and oxygen atoms in total. The van der Waals surface area contributed by atoms with Gasteiger partial charge < -0.3 is 5.11 Å². The van der Waals surface area contributed by atoms with Crippen LogP contribution in [0.25, 0.3) is 0 Å². The normalized spacial score (nSPS) is 21.3. The predicted molar refractivity (Wildman–Crippen MR) is 67.0 cm³/mol. The molecule has 2 rings (SSSR count). The van der Waals surface area contributed by atoms with E-state index in [1.165, 1.54) is 0 Å². The molecule has 0 amide bonds. The van der Waals surface area contributed by atoms with Crippen LogP contribution in [-0.2, 0) is 14.6 Å². The van der Waals surface area contributed by atoms with E-state index in [0.29, 0.717) is 5.56 Å². The van der Waals surface area contributed by atoms with Gasteiger partial charge in [0.25, 0.3) is 0 Å². The number of aliphatic carboxylic acids is 1. The molecule has 0 bridgehead atoms. The summed E-state index contributed by atoms with van der Waals surface area (Å²) in [4.78, 5) is 13.1. The number of carboxylic acid groups (broad SMARTS) is 1. The lowest BCUT2D eigenvalue weighted by atomic mass is 10.1. The lowest BCUT2D eigenvalue weighted by molar-refractivity contribution is -0.143. The van der Waals surface area contributed by atoms with E-state index >= 15 is 0 Å². The number of hydrogen-bond acceptors (Lipinski definition) is 4. The van der Waals surface area contributed by atoms with Crippen LogP contribution < -0.4 is 0 Å². The number of carboxylic acids is 1. The van der Waals surface area contributed by atoms with Crippen LogP contribution in [-0.4, -0.2) is 49.0 Å². The van der Waals surface area contributed by atoms with Gasteiger partial charge in [-0.25, -0.2) is 8.42 Å². The van der Waals surface area contributed by atoms with Crippen LogP contribution in [0.2, 0.25) is 0 Å². The van der Waals surface area contributed by atoms with Crippen LogP contribution in [0.4, 0.5) is 0 Å². The Labute approximate surface area is 106 Å². The van der Waals surface area contributed by atoms with Gasteiger partial charge in [0.15, 0.2) is 9.84 Å². The number of rotatable bonds is 3. The Balaban J connectivity index is 2.20. The van der Waals surface area contributed by atoms with Crippen LogP contribution in [0.3, 0.4) is 0 Å². The van der Waals surface area contributed by atoms with Crippen molar-refractivity contribution in [1.29, 1.82) is 0 Å². The largest absolute Gasteiger partial charge is 0.480 e. The molecule has 1 aliphatic heterocycles. The van der Waals surface area contributed by atoms with Gasteiger partial charge in [-0.2, -0.15) is 0 Å². The monoisotopic (exact) mass is 269 g/mol. The van der Waals surface area contributed by atoms with Gasteiger partial charge in [-0.1, -0.05) is 30.3 Å². The van der Waals surface area contributed by atoms with E-state index in [-0.39, 0.29) is 24.6 Å². The summed E-state index contributed by atoms with van der Waals surface area (Å²) >= 11 is 0. The van der Waals surface area contributed by atoms with Gasteiger partial charge in [0.2, 0.25) is 0 Å². The average Bonchev–Trinajstić information content (AvgIpc) is 2.33. The molecule has 0 aromatic heterocycles. The van der Waals surface area contributed by atoms with Crippen molar-refractivity contribution in [2.24, 2.45) is 0 Å². The van der Waals surface area contributed by atoms with Gasteiger partial charge in [-0.15, -0.1) is 0 Å². The molecule has 0 radical (unpaired) electrons. The highest BCUT2D eigenvalue weighted by Gasteiger charge is 2.32. The first-order chi connectivity index (χ1) is 8.49. The first kappa shape index (κ1) is 13.0. The van der Waals surface area contributed by atoms with Crippen molar-refractivity contribution in [2.45, 2.75) is 6.04 Å². The molecule has 1 atom stereocenters. The Morgan fingerprint density at radius 3 is 2.22 bits per heavy atom. The summed E-state index contributed by atoms with van der Waals surface area (Å²) in [7, 11) is -2.99. The summed E-state index contributed by atoms with van der Waals surface area (Å²) in [6.07, 6.45) is 0. The van der Waals surface area contributed by atoms with Gasteiger partial charge in [-0.05, 0) is 5.56 Å². The van der Waals surface area contributed by atoms with Crippen LogP contribution in [0, 0.1) is 0 Å². The van der Waals surface area contributed by atoms with Crippen molar-refractivity contribution >= 4 is 15.8 Å². The first-order valence-electron chi connectivity index (χ1n) is 5.72. The molecular formula is C12H15NO4S. The predicted octanol–water partition coefficient (Wildman–Crippen LogP) is 0.543. The van der Waals surface area contributed by atoms with Crippen LogP contribution in [0.5, 0.6) is 0 Å². The maximum atomic E-state index is 11.4. The van der Waals surface area contributed by atoms with Crippen molar-refractivity contribution in [2.75, 3.05) is 24.6 Å². The number of benzene rings is 1. The molecule has 1 aromatic rings. The van der Waals surface area contributed by atoms with Crippen molar-refractivity contribution in [3.8, 4) is 0 Å². The third-order valence-corrected chi connectivity index (χ3v) is 4.70. The molecule has 1 heterocycles. The highest BCUT2D eigenvalue weighted by Crippen LogP contribution is 2.22. The zero-order chi connectivity index (χ0) is 13.2. The first-order valence-corrected chi connectivity index (χ1v) is 7.54. The van der Waals surface area contributed by atoms with E-state index in [1.807, 2.05) is 6.07 Å². The number of nitrogens with zero attached hydrogens (tertiary/aromatic N) is 1. The second-order valence-electron chi connectivity index (χ2n) is 4.34. The van der Waals surface area contributed by atoms with Crippen LogP contribution in [0.15, 0.2) is 30.3 Å². The fourth-order valence-corrected chi connectivity index (χ4v) is 3.36. The standard InChI is InChI=1S/C12H15NO4S/c14-12(15)11(10-4-2-1-3-5-10)13-6-8-18(16,17)9-7-13/h1-5,11H,6-9H2,(H,14,15)/t11-/m0/s1. The third kappa shape index (κ3) is 2.88. The number of sulfone groups is 1. The van der Waals surface area contributed by atoms with Crippen molar-refractivity contribution in [1.82, 2.24) is 4.90 Å². The molecule has 1 aliphatic rings. The molecule has 1 fully saturated rings. The maximum Gasteiger partial charge on any atom is 0.325 e. The van der Waals surface area contributed by atoms with Crippen molar-refractivity contribution in [3.05, 3.63) is 35.9 Å². The van der Waals surface area contributed by atoms with Gasteiger partial charge in [-0.3, -0.25) is 9.69 Å². The van der Waals surface area contributed by atoms with Crippen LogP contribution in [0.1, 0.15) is 11.6 Å². The third-order valence-electron chi connectivity index (χ3n) is 3.09. The SMILES string of the molecule is O=C(O)[C@H](c1ccccc1)N1CCS(=O)(=O)CC1. The Morgan fingerprint density at radius 2 is 1.72 bits per heavy atom. The minimum atomic E-state index is -2.99. The quantitative estimate of drug-likeness (QED) is 0.867. The average molecular weight is 269 g/mol. The smallest absolute Gasteiger partial charge is 0.325 e. The zero-order valence-corrected chi connectivity index (χ0v) is 10.6. The molecular weight excluding hydrogens is 254 g/mol. The Bertz CT molecular complexity index is 512. The lowest BCUT2D eigenvalue weighted by Crippen LogP contribution is -2.44. The Kier molecular flexibility index (Phi) is 3.68. The van der Waals surface area contributed by atoms with E-state index in [4.69, 9.17) is 0 Å². The summed E-state index contributed by atoms with van der Waals surface area (Å²) in [5, 5.41) is 9.32. The summed E-state index contributed by atoms with van der Waals surface area (Å²) in [6.45, 7) is 0.544. The summed E-state index contributed by atoms with van der Waals surface area (Å²) in [5.74, 6) is -0.881. The topological polar surface area (TPSA) is 74.7 Å². The van der Waals surface area contributed by atoms with E-state index in [1.54, 1.807) is 29.2 Å². The minimum Gasteiger partial charge on any atom is -0.480 e. The van der Waals surface area contributed by atoms with E-state index in [0.717, 1.165) is 0 Å². The summed E-state index contributed by atoms with van der Waals surface area (Å²) in [5.41, 5.74) is 0.685. The van der Waals surface area contributed by atoms with E-state index in [9.17, 15) is 18.3 Å².